The van der Waals surface area contributed by atoms with Crippen molar-refractivity contribution in [2.75, 3.05) is 0 Å². The van der Waals surface area contributed by atoms with Gasteiger partial charge in [0.05, 0.1) is 0 Å². The first-order valence-electron chi connectivity index (χ1n) is 6.28. The van der Waals surface area contributed by atoms with E-state index in [-0.39, 0.29) is 18.2 Å². The van der Waals surface area contributed by atoms with Crippen LogP contribution in [0.4, 0.5) is 0 Å². The minimum atomic E-state index is -1.31. The van der Waals surface area contributed by atoms with E-state index >= 15 is 0 Å². The molecule has 5 N–H and O–H groups in total. The van der Waals surface area contributed by atoms with Crippen LogP contribution in [0.25, 0.3) is 0 Å². The van der Waals surface area contributed by atoms with E-state index in [2.05, 4.69) is 0 Å². The SMILES string of the molecule is CC[C@@H]1CC[C@@H](CCB(O)O)C[C@]1(N)C(=O)O. The summed E-state index contributed by atoms with van der Waals surface area (Å²) in [6.45, 7) is 1.97. The van der Waals surface area contributed by atoms with Crippen LogP contribution in [0.5, 0.6) is 0 Å². The minimum absolute atomic E-state index is 0.0234. The molecule has 0 heterocycles. The number of rotatable bonds is 5. The van der Waals surface area contributed by atoms with E-state index in [0.717, 1.165) is 19.3 Å². The fourth-order valence-corrected chi connectivity index (χ4v) is 2.90. The van der Waals surface area contributed by atoms with Gasteiger partial charge in [-0.2, -0.15) is 0 Å². The second-order valence-corrected chi connectivity index (χ2v) is 5.16. The molecule has 17 heavy (non-hydrogen) atoms. The Kier molecular flexibility index (Phi) is 4.97. The lowest BCUT2D eigenvalue weighted by Gasteiger charge is -2.41. The Morgan fingerprint density at radius 2 is 2.12 bits per heavy atom. The Bertz CT molecular complexity index is 274. The number of hydrogen-bond donors (Lipinski definition) is 4. The van der Waals surface area contributed by atoms with Crippen molar-refractivity contribution in [3.05, 3.63) is 0 Å². The average Bonchev–Trinajstić information content (AvgIpc) is 2.26. The van der Waals surface area contributed by atoms with E-state index in [0.29, 0.717) is 12.8 Å². The molecule has 1 aliphatic rings. The highest BCUT2D eigenvalue weighted by Gasteiger charge is 2.45. The third-order valence-corrected chi connectivity index (χ3v) is 4.00. The number of hydrogen-bond acceptors (Lipinski definition) is 4. The van der Waals surface area contributed by atoms with Crippen LogP contribution in [-0.2, 0) is 4.79 Å². The standard InChI is InChI=1S/C11H22BNO4/c1-2-9-4-3-8(5-6-12(16)17)7-11(9,13)10(14)15/h8-9,16-17H,2-7,13H2,1H3,(H,14,15)/t8-,9+,11+/m0/s1. The predicted molar refractivity (Wildman–Crippen MR) is 65.3 cm³/mol. The largest absolute Gasteiger partial charge is 0.480 e. The summed E-state index contributed by atoms with van der Waals surface area (Å²) in [4.78, 5) is 11.3. The van der Waals surface area contributed by atoms with Crippen molar-refractivity contribution in [2.45, 2.75) is 50.9 Å². The third kappa shape index (κ3) is 3.44. The summed E-state index contributed by atoms with van der Waals surface area (Å²) in [6.07, 6.45) is 3.87. The number of carboxylic acid groups (broad SMARTS) is 1. The Hall–Kier alpha value is -0.585. The zero-order valence-electron chi connectivity index (χ0n) is 10.3. The van der Waals surface area contributed by atoms with E-state index < -0.39 is 18.6 Å². The smallest absolute Gasteiger partial charge is 0.451 e. The molecule has 0 aromatic carbocycles. The molecule has 98 valence electrons. The minimum Gasteiger partial charge on any atom is -0.480 e. The van der Waals surface area contributed by atoms with Gasteiger partial charge in [-0.3, -0.25) is 4.79 Å². The summed E-state index contributed by atoms with van der Waals surface area (Å²) in [6, 6.07) is 0. The molecule has 0 unspecified atom stereocenters. The highest BCUT2D eigenvalue weighted by molar-refractivity contribution is 6.40. The van der Waals surface area contributed by atoms with Crippen LogP contribution in [0.15, 0.2) is 0 Å². The van der Waals surface area contributed by atoms with E-state index in [1.54, 1.807) is 0 Å². The van der Waals surface area contributed by atoms with Crippen LogP contribution in [0.2, 0.25) is 6.32 Å². The summed E-state index contributed by atoms with van der Waals surface area (Å²) in [5.41, 5.74) is 4.89. The fraction of sp³-hybridized carbons (Fsp3) is 0.909. The molecule has 5 nitrogen and oxygen atoms in total. The lowest BCUT2D eigenvalue weighted by Crippen LogP contribution is -2.57. The maximum Gasteiger partial charge on any atom is 0.451 e. The summed E-state index contributed by atoms with van der Waals surface area (Å²) in [5, 5.41) is 26.9. The number of carboxylic acids is 1. The summed E-state index contributed by atoms with van der Waals surface area (Å²) >= 11 is 0. The van der Waals surface area contributed by atoms with E-state index in [4.69, 9.17) is 15.8 Å². The van der Waals surface area contributed by atoms with Crippen molar-refractivity contribution >= 4 is 13.1 Å². The second kappa shape index (κ2) is 5.84. The molecule has 6 heteroatoms. The van der Waals surface area contributed by atoms with Gasteiger partial charge in [0, 0.05) is 0 Å². The molecule has 0 radical (unpaired) electrons. The zero-order chi connectivity index (χ0) is 13.1. The lowest BCUT2D eigenvalue weighted by atomic mass is 9.65. The molecule has 1 fully saturated rings. The first-order valence-corrected chi connectivity index (χ1v) is 6.28. The molecular formula is C11H22BNO4. The van der Waals surface area contributed by atoms with E-state index in [9.17, 15) is 9.90 Å². The van der Waals surface area contributed by atoms with Gasteiger partial charge < -0.3 is 20.9 Å². The summed E-state index contributed by atoms with van der Waals surface area (Å²) in [7, 11) is -1.31. The maximum atomic E-state index is 11.3. The molecule has 0 aromatic rings. The molecule has 0 aliphatic heterocycles. The van der Waals surface area contributed by atoms with Gasteiger partial charge in [-0.15, -0.1) is 0 Å². The van der Waals surface area contributed by atoms with E-state index in [1.807, 2.05) is 6.92 Å². The predicted octanol–water partition coefficient (Wildman–Crippen LogP) is 0.458. The van der Waals surface area contributed by atoms with Gasteiger partial charge in [0.25, 0.3) is 0 Å². The number of carbonyl (C=O) groups is 1. The quantitative estimate of drug-likeness (QED) is 0.525. The molecule has 0 aromatic heterocycles. The third-order valence-electron chi connectivity index (χ3n) is 4.00. The number of nitrogens with two attached hydrogens (primary N) is 1. The Morgan fingerprint density at radius 1 is 1.47 bits per heavy atom. The van der Waals surface area contributed by atoms with Crippen molar-refractivity contribution in [1.82, 2.24) is 0 Å². The Morgan fingerprint density at radius 3 is 2.59 bits per heavy atom. The normalized spacial score (nSPS) is 33.4. The topological polar surface area (TPSA) is 104 Å². The van der Waals surface area contributed by atoms with Gasteiger partial charge in [-0.25, -0.2) is 0 Å². The zero-order valence-corrected chi connectivity index (χ0v) is 10.3. The average molecular weight is 243 g/mol. The van der Waals surface area contributed by atoms with Gasteiger partial charge in [-0.1, -0.05) is 26.2 Å². The highest BCUT2D eigenvalue weighted by Crippen LogP contribution is 2.39. The van der Waals surface area contributed by atoms with E-state index in [1.165, 1.54) is 0 Å². The molecule has 1 rings (SSSR count). The van der Waals surface area contributed by atoms with Gasteiger partial charge in [0.15, 0.2) is 0 Å². The Labute approximate surface area is 102 Å². The summed E-state index contributed by atoms with van der Waals surface area (Å²) in [5.74, 6) is -0.727. The van der Waals surface area contributed by atoms with Crippen molar-refractivity contribution in [2.24, 2.45) is 17.6 Å². The molecule has 0 amide bonds. The van der Waals surface area contributed by atoms with Crippen molar-refractivity contribution in [1.29, 1.82) is 0 Å². The first kappa shape index (κ1) is 14.5. The van der Waals surface area contributed by atoms with Gasteiger partial charge >= 0.3 is 13.1 Å². The van der Waals surface area contributed by atoms with Crippen molar-refractivity contribution < 1.29 is 19.9 Å². The van der Waals surface area contributed by atoms with Crippen molar-refractivity contribution in [3.63, 3.8) is 0 Å². The molecule has 3 atom stereocenters. The van der Waals surface area contributed by atoms with Crippen LogP contribution < -0.4 is 5.73 Å². The van der Waals surface area contributed by atoms with Gasteiger partial charge in [0.2, 0.25) is 0 Å². The van der Waals surface area contributed by atoms with Crippen molar-refractivity contribution in [3.8, 4) is 0 Å². The van der Waals surface area contributed by atoms with Crippen LogP contribution in [-0.4, -0.2) is 33.8 Å². The molecule has 0 saturated heterocycles. The fourth-order valence-electron chi connectivity index (χ4n) is 2.90. The molecular weight excluding hydrogens is 221 g/mol. The first-order chi connectivity index (χ1) is 7.90. The maximum absolute atomic E-state index is 11.3. The summed E-state index contributed by atoms with van der Waals surface area (Å²) < 4.78 is 0. The Balaban J connectivity index is 2.63. The van der Waals surface area contributed by atoms with Gasteiger partial charge in [-0.05, 0) is 31.0 Å². The van der Waals surface area contributed by atoms with Crippen LogP contribution in [0.3, 0.4) is 0 Å². The molecule has 0 spiro atoms. The van der Waals surface area contributed by atoms with Gasteiger partial charge in [0.1, 0.15) is 5.54 Å². The molecule has 1 saturated carbocycles. The lowest BCUT2D eigenvalue weighted by molar-refractivity contribution is -0.148. The van der Waals surface area contributed by atoms with Crippen LogP contribution >= 0.6 is 0 Å². The van der Waals surface area contributed by atoms with Crippen LogP contribution in [0, 0.1) is 11.8 Å². The monoisotopic (exact) mass is 243 g/mol. The molecule has 1 aliphatic carbocycles. The second-order valence-electron chi connectivity index (χ2n) is 5.16. The van der Waals surface area contributed by atoms with Crippen LogP contribution in [0.1, 0.15) is 39.0 Å². The highest BCUT2D eigenvalue weighted by atomic mass is 16.4. The number of aliphatic carboxylic acids is 1. The molecule has 0 bridgehead atoms.